The number of nitrogens with one attached hydrogen (secondary N) is 1. The third-order valence-electron chi connectivity index (χ3n) is 6.55. The molecule has 1 saturated carbocycles. The minimum absolute atomic E-state index is 0.0960. The monoisotopic (exact) mass is 394 g/mol. The van der Waals surface area contributed by atoms with Crippen LogP contribution in [0.4, 0.5) is 5.69 Å². The van der Waals surface area contributed by atoms with Gasteiger partial charge in [-0.25, -0.2) is 0 Å². The molecule has 6 heteroatoms. The molecule has 2 aromatic rings. The third-order valence-corrected chi connectivity index (χ3v) is 6.55. The van der Waals surface area contributed by atoms with Crippen LogP contribution in [-0.2, 0) is 11.2 Å². The number of hydrogen-bond donors (Lipinski definition) is 1. The van der Waals surface area contributed by atoms with Crippen molar-refractivity contribution >= 4 is 11.6 Å². The van der Waals surface area contributed by atoms with E-state index in [4.69, 9.17) is 4.74 Å². The van der Waals surface area contributed by atoms with Gasteiger partial charge in [-0.1, -0.05) is 0 Å². The first-order chi connectivity index (χ1) is 14.1. The molecule has 0 spiro atoms. The molecule has 2 fully saturated rings. The predicted octanol–water partition coefficient (Wildman–Crippen LogP) is 3.56. The van der Waals surface area contributed by atoms with E-state index in [9.17, 15) is 4.79 Å². The van der Waals surface area contributed by atoms with Gasteiger partial charge in [-0.15, -0.1) is 0 Å². The average molecular weight is 395 g/mol. The first kappa shape index (κ1) is 18.7. The van der Waals surface area contributed by atoms with Crippen molar-refractivity contribution < 1.29 is 9.53 Å². The first-order valence-corrected chi connectivity index (χ1v) is 11.0. The molecule has 0 radical (unpaired) electrons. The summed E-state index contributed by atoms with van der Waals surface area (Å²) < 4.78 is 8.59. The van der Waals surface area contributed by atoms with Crippen molar-refractivity contribution in [2.75, 3.05) is 24.6 Å². The van der Waals surface area contributed by atoms with Gasteiger partial charge in [0.2, 0.25) is 5.91 Å². The lowest BCUT2D eigenvalue weighted by Crippen LogP contribution is -2.40. The van der Waals surface area contributed by atoms with Crippen molar-refractivity contribution in [3.8, 4) is 16.9 Å². The lowest BCUT2D eigenvalue weighted by atomic mass is 9.92. The Hall–Kier alpha value is -2.34. The second-order valence-electron chi connectivity index (χ2n) is 8.83. The summed E-state index contributed by atoms with van der Waals surface area (Å²) in [6.45, 7) is 6.58. The van der Waals surface area contributed by atoms with E-state index >= 15 is 0 Å². The zero-order valence-electron chi connectivity index (χ0n) is 17.4. The van der Waals surface area contributed by atoms with Crippen molar-refractivity contribution in [2.45, 2.75) is 58.0 Å². The van der Waals surface area contributed by atoms with Crippen molar-refractivity contribution in [2.24, 2.45) is 5.92 Å². The fraction of sp³-hybridized carbons (Fsp3) is 0.565. The zero-order chi connectivity index (χ0) is 20.0. The molecule has 3 heterocycles. The largest absolute Gasteiger partial charge is 0.492 e. The Morgan fingerprint density at radius 2 is 2.14 bits per heavy atom. The van der Waals surface area contributed by atoms with E-state index in [1.807, 2.05) is 11.1 Å². The van der Waals surface area contributed by atoms with Gasteiger partial charge in [-0.05, 0) is 57.7 Å². The third kappa shape index (κ3) is 3.54. The van der Waals surface area contributed by atoms with Crippen LogP contribution in [0.15, 0.2) is 24.5 Å². The van der Waals surface area contributed by atoms with Crippen LogP contribution in [0.1, 0.15) is 51.1 Å². The van der Waals surface area contributed by atoms with Crippen LogP contribution >= 0.6 is 0 Å². The minimum atomic E-state index is 0.0960. The van der Waals surface area contributed by atoms with E-state index in [1.165, 1.54) is 18.4 Å². The van der Waals surface area contributed by atoms with Crippen LogP contribution < -0.4 is 15.0 Å². The Kier molecular flexibility index (Phi) is 4.82. The molecule has 0 unspecified atom stereocenters. The van der Waals surface area contributed by atoms with Crippen LogP contribution in [-0.4, -0.2) is 41.4 Å². The number of fused-ring (bicyclic) bond motifs is 1. The quantitative estimate of drug-likeness (QED) is 0.842. The summed E-state index contributed by atoms with van der Waals surface area (Å²) in [5.74, 6) is 1.58. The Bertz CT molecular complexity index is 912. The number of carbonyl (C=O) groups excluding carboxylic acids is 1. The molecule has 29 heavy (non-hydrogen) atoms. The van der Waals surface area contributed by atoms with Crippen LogP contribution in [0, 0.1) is 5.92 Å². The van der Waals surface area contributed by atoms with Crippen LogP contribution in [0.25, 0.3) is 11.1 Å². The molecule has 1 N–H and O–H groups in total. The highest BCUT2D eigenvalue weighted by Crippen LogP contribution is 2.44. The van der Waals surface area contributed by atoms with Gasteiger partial charge in [0.15, 0.2) is 0 Å². The van der Waals surface area contributed by atoms with Gasteiger partial charge < -0.3 is 15.0 Å². The van der Waals surface area contributed by atoms with Crippen molar-refractivity contribution in [1.82, 2.24) is 15.1 Å². The second kappa shape index (κ2) is 7.48. The van der Waals surface area contributed by atoms with Gasteiger partial charge in [0.1, 0.15) is 5.75 Å². The smallest absolute Gasteiger partial charge is 0.224 e. The maximum absolute atomic E-state index is 12.4. The molecule has 2 atom stereocenters. The predicted molar refractivity (Wildman–Crippen MR) is 113 cm³/mol. The molecular weight excluding hydrogens is 364 g/mol. The van der Waals surface area contributed by atoms with Crippen LogP contribution in [0.3, 0.4) is 0 Å². The molecule has 154 valence electrons. The van der Waals surface area contributed by atoms with E-state index in [-0.39, 0.29) is 11.9 Å². The number of amides is 1. The minimum Gasteiger partial charge on any atom is -0.492 e. The molecule has 6 nitrogen and oxygen atoms in total. The summed E-state index contributed by atoms with van der Waals surface area (Å²) in [7, 11) is 0. The van der Waals surface area contributed by atoms with E-state index < -0.39 is 0 Å². The van der Waals surface area contributed by atoms with Gasteiger partial charge in [0, 0.05) is 48.3 Å². The highest BCUT2D eigenvalue weighted by atomic mass is 16.5. The highest BCUT2D eigenvalue weighted by molar-refractivity contribution is 5.95. The van der Waals surface area contributed by atoms with Gasteiger partial charge in [0.05, 0.1) is 24.5 Å². The van der Waals surface area contributed by atoms with E-state index in [2.05, 4.69) is 40.4 Å². The lowest BCUT2D eigenvalue weighted by molar-refractivity contribution is -0.117. The van der Waals surface area contributed by atoms with Crippen molar-refractivity contribution in [3.63, 3.8) is 0 Å². The van der Waals surface area contributed by atoms with Gasteiger partial charge in [-0.2, -0.15) is 5.10 Å². The average Bonchev–Trinajstić information content (AvgIpc) is 3.22. The highest BCUT2D eigenvalue weighted by Gasteiger charge is 2.31. The Morgan fingerprint density at radius 3 is 2.86 bits per heavy atom. The molecule has 1 aliphatic carbocycles. The fourth-order valence-corrected chi connectivity index (χ4v) is 4.75. The first-order valence-electron chi connectivity index (χ1n) is 11.0. The molecular formula is C23H30N4O2. The van der Waals surface area contributed by atoms with Crippen LogP contribution in [0.2, 0.25) is 0 Å². The molecule has 3 aliphatic rings. The summed E-state index contributed by atoms with van der Waals surface area (Å²) in [6.07, 6.45) is 9.59. The van der Waals surface area contributed by atoms with Gasteiger partial charge in [0.25, 0.3) is 0 Å². The molecule has 2 aliphatic heterocycles. The standard InChI is InChI=1S/C23H30N4O2/c1-15-3-6-21-22(27(15)16(2)28)8-7-20(18-12-25-26(13-18)19-4-5-19)23(21)29-14-17-9-10-24-11-17/h7-8,12-13,15,17,19,24H,3-6,9-11,14H2,1-2H3/t15-,17-/m0/s1. The number of anilines is 1. The van der Waals surface area contributed by atoms with Crippen LogP contribution in [0.5, 0.6) is 5.75 Å². The normalized spacial score (nSPS) is 23.9. The number of nitrogens with zero attached hydrogens (tertiary/aromatic N) is 3. The SMILES string of the molecule is CC(=O)N1c2ccc(-c3cnn(C4CC4)c3)c(OC[C@H]3CCNC3)c2CC[C@@H]1C. The Labute approximate surface area is 172 Å². The summed E-state index contributed by atoms with van der Waals surface area (Å²) in [5, 5.41) is 8.01. The Morgan fingerprint density at radius 1 is 1.28 bits per heavy atom. The topological polar surface area (TPSA) is 59.4 Å². The van der Waals surface area contributed by atoms with Crippen molar-refractivity contribution in [1.29, 1.82) is 0 Å². The van der Waals surface area contributed by atoms with E-state index in [0.29, 0.717) is 18.6 Å². The van der Waals surface area contributed by atoms with Crippen molar-refractivity contribution in [3.05, 3.63) is 30.1 Å². The molecule has 5 rings (SSSR count). The Balaban J connectivity index is 1.55. The lowest BCUT2D eigenvalue weighted by Gasteiger charge is -2.36. The fourth-order valence-electron chi connectivity index (χ4n) is 4.75. The van der Waals surface area contributed by atoms with E-state index in [1.54, 1.807) is 6.92 Å². The molecule has 1 amide bonds. The number of benzene rings is 1. The summed E-state index contributed by atoms with van der Waals surface area (Å²) >= 11 is 0. The zero-order valence-corrected chi connectivity index (χ0v) is 17.4. The second-order valence-corrected chi connectivity index (χ2v) is 8.83. The number of rotatable bonds is 5. The molecule has 0 bridgehead atoms. The summed E-state index contributed by atoms with van der Waals surface area (Å²) in [5.41, 5.74) is 4.38. The van der Waals surface area contributed by atoms with E-state index in [0.717, 1.165) is 54.9 Å². The molecule has 1 aromatic heterocycles. The summed E-state index contributed by atoms with van der Waals surface area (Å²) in [6, 6.07) is 4.99. The number of aromatic nitrogens is 2. The molecule has 1 saturated heterocycles. The van der Waals surface area contributed by atoms with Gasteiger partial charge >= 0.3 is 0 Å². The summed E-state index contributed by atoms with van der Waals surface area (Å²) in [4.78, 5) is 14.3. The number of ether oxygens (including phenoxy) is 1. The number of carbonyl (C=O) groups is 1. The maximum atomic E-state index is 12.4. The maximum Gasteiger partial charge on any atom is 0.224 e. The van der Waals surface area contributed by atoms with Gasteiger partial charge in [-0.3, -0.25) is 9.48 Å². The number of hydrogen-bond acceptors (Lipinski definition) is 4. The molecule has 1 aromatic carbocycles.